The van der Waals surface area contributed by atoms with E-state index < -0.39 is 0 Å². The lowest BCUT2D eigenvalue weighted by atomic mass is 10.1. The van der Waals surface area contributed by atoms with Gasteiger partial charge in [-0.1, -0.05) is 11.8 Å². The Kier molecular flexibility index (Phi) is 7.41. The zero-order chi connectivity index (χ0) is 22.4. The van der Waals surface area contributed by atoms with Crippen LogP contribution in [0.2, 0.25) is 0 Å². The summed E-state index contributed by atoms with van der Waals surface area (Å²) in [6, 6.07) is 9.70. The minimum atomic E-state index is -0.331. The maximum absolute atomic E-state index is 13.5. The number of hydrogen-bond donors (Lipinski definition) is 1. The normalized spacial score (nSPS) is 10.7. The molecule has 31 heavy (non-hydrogen) atoms. The van der Waals surface area contributed by atoms with Crippen LogP contribution in [0.3, 0.4) is 0 Å². The molecule has 9 heteroatoms. The lowest BCUT2D eigenvalue weighted by Gasteiger charge is -2.09. The van der Waals surface area contributed by atoms with E-state index in [2.05, 4.69) is 10.3 Å². The van der Waals surface area contributed by atoms with Crippen molar-refractivity contribution in [3.63, 3.8) is 0 Å². The number of ether oxygens (including phenoxy) is 1. The van der Waals surface area contributed by atoms with Crippen LogP contribution in [0.4, 0.5) is 10.2 Å². The Morgan fingerprint density at radius 3 is 2.61 bits per heavy atom. The van der Waals surface area contributed by atoms with Crippen molar-refractivity contribution in [1.82, 2.24) is 14.5 Å². The molecule has 2 aromatic heterocycles. The highest BCUT2D eigenvalue weighted by Crippen LogP contribution is 2.36. The maximum Gasteiger partial charge on any atom is 0.306 e. The summed E-state index contributed by atoms with van der Waals surface area (Å²) < 4.78 is 20.4. The number of rotatable bonds is 8. The minimum absolute atomic E-state index is 0.219. The molecule has 3 aromatic rings. The predicted octanol–water partition coefficient (Wildman–Crippen LogP) is 4.29. The number of esters is 1. The number of anilines is 1. The Morgan fingerprint density at radius 1 is 1.19 bits per heavy atom. The Hall–Kier alpha value is -3.20. The summed E-state index contributed by atoms with van der Waals surface area (Å²) in [6.45, 7) is 3.54. The molecule has 0 saturated carbocycles. The number of nitrogens with zero attached hydrogens (tertiary/aromatic N) is 3. The summed E-state index contributed by atoms with van der Waals surface area (Å²) in [6.07, 6.45) is 1.88. The van der Waals surface area contributed by atoms with Crippen molar-refractivity contribution in [3.8, 4) is 22.5 Å². The molecule has 2 heterocycles. The second kappa shape index (κ2) is 10.2. The summed E-state index contributed by atoms with van der Waals surface area (Å²) >= 11 is 1.44. The third-order valence-corrected chi connectivity index (χ3v) is 5.38. The van der Waals surface area contributed by atoms with E-state index in [-0.39, 0.29) is 24.1 Å². The van der Waals surface area contributed by atoms with Crippen molar-refractivity contribution < 1.29 is 18.7 Å². The first-order chi connectivity index (χ1) is 14.9. The van der Waals surface area contributed by atoms with E-state index in [4.69, 9.17) is 9.72 Å². The van der Waals surface area contributed by atoms with Gasteiger partial charge in [0.05, 0.1) is 24.4 Å². The fourth-order valence-corrected chi connectivity index (χ4v) is 3.92. The molecule has 1 N–H and O–H groups in total. The highest BCUT2D eigenvalue weighted by molar-refractivity contribution is 7.99. The maximum atomic E-state index is 13.5. The molecule has 1 amide bonds. The zero-order valence-corrected chi connectivity index (χ0v) is 18.3. The molecule has 0 unspecified atom stereocenters. The molecule has 0 bridgehead atoms. The molecule has 0 aliphatic rings. The van der Waals surface area contributed by atoms with Gasteiger partial charge in [-0.3, -0.25) is 9.59 Å². The highest BCUT2D eigenvalue weighted by Gasteiger charge is 2.19. The van der Waals surface area contributed by atoms with E-state index in [1.54, 1.807) is 31.3 Å². The Labute approximate surface area is 184 Å². The predicted molar refractivity (Wildman–Crippen MR) is 118 cm³/mol. The molecule has 0 saturated heterocycles. The van der Waals surface area contributed by atoms with Crippen molar-refractivity contribution in [2.75, 3.05) is 17.7 Å². The van der Waals surface area contributed by atoms with E-state index in [1.807, 2.05) is 17.7 Å². The summed E-state index contributed by atoms with van der Waals surface area (Å²) in [5.74, 6) is 0.134. The molecule has 3 rings (SSSR count). The summed E-state index contributed by atoms with van der Waals surface area (Å²) in [7, 11) is 1.88. The first kappa shape index (κ1) is 22.5. The van der Waals surface area contributed by atoms with Gasteiger partial charge in [0.25, 0.3) is 0 Å². The van der Waals surface area contributed by atoms with Crippen molar-refractivity contribution in [1.29, 1.82) is 0 Å². The lowest BCUT2D eigenvalue weighted by Crippen LogP contribution is -2.07. The van der Waals surface area contributed by atoms with E-state index >= 15 is 0 Å². The van der Waals surface area contributed by atoms with Crippen molar-refractivity contribution in [2.45, 2.75) is 25.4 Å². The molecule has 0 spiro atoms. The van der Waals surface area contributed by atoms with Crippen LogP contribution in [0.5, 0.6) is 0 Å². The third kappa shape index (κ3) is 5.69. The van der Waals surface area contributed by atoms with Crippen LogP contribution in [0, 0.1) is 5.82 Å². The second-order valence-corrected chi connectivity index (χ2v) is 7.73. The topological polar surface area (TPSA) is 86.1 Å². The SMILES string of the molecule is CCOC(=O)CCSc1nc(-c2ccc(F)cc2)c(-c2ccnc(NC(C)=O)c2)n1C. The van der Waals surface area contributed by atoms with Crippen LogP contribution in [0.25, 0.3) is 22.5 Å². The summed E-state index contributed by atoms with van der Waals surface area (Å²) in [5, 5.41) is 3.39. The number of halogens is 1. The number of amides is 1. The third-order valence-electron chi connectivity index (χ3n) is 4.35. The van der Waals surface area contributed by atoms with Gasteiger partial charge in [0, 0.05) is 37.0 Å². The largest absolute Gasteiger partial charge is 0.466 e. The number of thioether (sulfide) groups is 1. The molecule has 162 valence electrons. The number of nitrogens with one attached hydrogen (secondary N) is 1. The van der Waals surface area contributed by atoms with Gasteiger partial charge in [-0.25, -0.2) is 14.4 Å². The fourth-order valence-electron chi connectivity index (χ4n) is 3.03. The lowest BCUT2D eigenvalue weighted by molar-refractivity contribution is -0.142. The van der Waals surface area contributed by atoms with Crippen LogP contribution >= 0.6 is 11.8 Å². The van der Waals surface area contributed by atoms with Gasteiger partial charge in [-0.15, -0.1) is 0 Å². The summed E-state index contributed by atoms with van der Waals surface area (Å²) in [4.78, 5) is 32.0. The number of pyridine rings is 1. The molecule has 1 aromatic carbocycles. The number of imidazole rings is 1. The molecule has 0 aliphatic heterocycles. The number of hydrogen-bond acceptors (Lipinski definition) is 6. The first-order valence-electron chi connectivity index (χ1n) is 9.74. The van der Waals surface area contributed by atoms with Crippen molar-refractivity contribution >= 4 is 29.5 Å². The molecular formula is C22H23FN4O3S. The average Bonchev–Trinajstić information content (AvgIpc) is 3.05. The fraction of sp³-hybridized carbons (Fsp3) is 0.273. The quantitative estimate of drug-likeness (QED) is 0.414. The monoisotopic (exact) mass is 442 g/mol. The average molecular weight is 443 g/mol. The molecular weight excluding hydrogens is 419 g/mol. The van der Waals surface area contributed by atoms with Gasteiger partial charge in [0.2, 0.25) is 5.91 Å². The van der Waals surface area contributed by atoms with Crippen LogP contribution in [0.15, 0.2) is 47.8 Å². The van der Waals surface area contributed by atoms with Crippen LogP contribution in [0.1, 0.15) is 20.3 Å². The zero-order valence-electron chi connectivity index (χ0n) is 17.5. The first-order valence-corrected chi connectivity index (χ1v) is 10.7. The van der Waals surface area contributed by atoms with E-state index in [0.29, 0.717) is 29.0 Å². The Morgan fingerprint density at radius 2 is 1.94 bits per heavy atom. The van der Waals surface area contributed by atoms with Crippen molar-refractivity contribution in [3.05, 3.63) is 48.4 Å². The minimum Gasteiger partial charge on any atom is -0.466 e. The van der Waals surface area contributed by atoms with Gasteiger partial charge in [0.1, 0.15) is 11.6 Å². The van der Waals surface area contributed by atoms with Gasteiger partial charge in [-0.05, 0) is 43.3 Å². The molecule has 0 aliphatic carbocycles. The second-order valence-electron chi connectivity index (χ2n) is 6.67. The van der Waals surface area contributed by atoms with Crippen LogP contribution in [-0.2, 0) is 21.4 Å². The van der Waals surface area contributed by atoms with Crippen LogP contribution < -0.4 is 5.32 Å². The molecule has 7 nitrogen and oxygen atoms in total. The van der Waals surface area contributed by atoms with Gasteiger partial charge in [0.15, 0.2) is 5.16 Å². The Balaban J connectivity index is 1.99. The number of carbonyl (C=O) groups excluding carboxylic acids is 2. The van der Waals surface area contributed by atoms with Gasteiger partial charge < -0.3 is 14.6 Å². The van der Waals surface area contributed by atoms with E-state index in [1.165, 1.54) is 30.8 Å². The highest BCUT2D eigenvalue weighted by atomic mass is 32.2. The number of carbonyl (C=O) groups is 2. The summed E-state index contributed by atoms with van der Waals surface area (Å²) in [5.41, 5.74) is 3.01. The van der Waals surface area contributed by atoms with Crippen LogP contribution in [-0.4, -0.2) is 38.8 Å². The van der Waals surface area contributed by atoms with Gasteiger partial charge >= 0.3 is 5.97 Å². The molecule has 0 fully saturated rings. The molecule has 0 atom stereocenters. The Bertz CT molecular complexity index is 1080. The smallest absolute Gasteiger partial charge is 0.306 e. The van der Waals surface area contributed by atoms with E-state index in [9.17, 15) is 14.0 Å². The number of benzene rings is 1. The van der Waals surface area contributed by atoms with Crippen molar-refractivity contribution in [2.24, 2.45) is 7.05 Å². The van der Waals surface area contributed by atoms with Gasteiger partial charge in [-0.2, -0.15) is 0 Å². The molecule has 0 radical (unpaired) electrons. The number of aromatic nitrogens is 3. The van der Waals surface area contributed by atoms with E-state index in [0.717, 1.165) is 16.8 Å². The standard InChI is InChI=1S/C22H23FN4O3S/c1-4-30-19(29)10-12-31-22-26-20(15-5-7-17(23)8-6-15)21(27(22)3)16-9-11-24-18(13-16)25-14(2)28/h5-9,11,13H,4,10,12H2,1-3H3,(H,24,25,28).